The van der Waals surface area contributed by atoms with Crippen molar-refractivity contribution < 1.29 is 13.2 Å². The lowest BCUT2D eigenvalue weighted by Crippen LogP contribution is -2.44. The highest BCUT2D eigenvalue weighted by Gasteiger charge is 2.33. The number of carbonyl (C=O) groups excluding carboxylic acids is 1. The van der Waals surface area contributed by atoms with Crippen LogP contribution in [0.3, 0.4) is 0 Å². The van der Waals surface area contributed by atoms with Gasteiger partial charge in [-0.3, -0.25) is 4.79 Å². The molecule has 1 aromatic heterocycles. The summed E-state index contributed by atoms with van der Waals surface area (Å²) in [5.74, 6) is -0.220. The Morgan fingerprint density at radius 2 is 1.93 bits per heavy atom. The van der Waals surface area contributed by atoms with Crippen LogP contribution in [0, 0.1) is 17.2 Å². The highest BCUT2D eigenvalue weighted by molar-refractivity contribution is 7.89. The number of piperidine rings is 1. The van der Waals surface area contributed by atoms with E-state index in [1.807, 2.05) is 18.2 Å². The molecule has 0 radical (unpaired) electrons. The van der Waals surface area contributed by atoms with Crippen LogP contribution >= 0.6 is 22.9 Å². The van der Waals surface area contributed by atoms with E-state index >= 15 is 0 Å². The quantitative estimate of drug-likeness (QED) is 0.583. The van der Waals surface area contributed by atoms with E-state index in [1.54, 1.807) is 11.0 Å². The second-order valence-electron chi connectivity index (χ2n) is 7.03. The number of sulfonamides is 1. The molecule has 3 rings (SSSR count). The molecular formula is C21H22ClN3O3S2. The molecule has 1 fully saturated rings. The molecule has 0 saturated carbocycles. The molecule has 1 aliphatic heterocycles. The van der Waals surface area contributed by atoms with Crippen LogP contribution < -0.4 is 0 Å². The number of nitrogens with zero attached hydrogens (tertiary/aromatic N) is 3. The van der Waals surface area contributed by atoms with Crippen molar-refractivity contribution in [2.75, 3.05) is 19.6 Å². The first-order valence-electron chi connectivity index (χ1n) is 9.49. The summed E-state index contributed by atoms with van der Waals surface area (Å²) in [4.78, 5) is 15.9. The van der Waals surface area contributed by atoms with Gasteiger partial charge in [-0.05, 0) is 49.2 Å². The zero-order chi connectivity index (χ0) is 21.7. The van der Waals surface area contributed by atoms with E-state index in [2.05, 4.69) is 6.58 Å². The molecule has 9 heteroatoms. The van der Waals surface area contributed by atoms with Gasteiger partial charge in [-0.2, -0.15) is 9.57 Å². The molecule has 1 aromatic carbocycles. The fourth-order valence-corrected chi connectivity index (χ4v) is 6.04. The SMILES string of the molecule is C=CCN(Cc1ccc(Cl)s1)C(=O)C1CCN(S(=O)(=O)c2ccc(C#N)cc2)CC1. The van der Waals surface area contributed by atoms with Crippen LogP contribution in [-0.4, -0.2) is 43.2 Å². The molecule has 30 heavy (non-hydrogen) atoms. The number of halogens is 1. The highest BCUT2D eigenvalue weighted by Crippen LogP contribution is 2.27. The molecule has 158 valence electrons. The largest absolute Gasteiger partial charge is 0.334 e. The van der Waals surface area contributed by atoms with Gasteiger partial charge < -0.3 is 4.90 Å². The zero-order valence-corrected chi connectivity index (χ0v) is 18.7. The summed E-state index contributed by atoms with van der Waals surface area (Å²) in [5, 5.41) is 8.88. The fourth-order valence-electron chi connectivity index (χ4n) is 3.46. The Hall–Kier alpha value is -2.18. The summed E-state index contributed by atoms with van der Waals surface area (Å²) in [6.45, 7) is 5.20. The minimum absolute atomic E-state index is 0.00911. The summed E-state index contributed by atoms with van der Waals surface area (Å²) in [5.41, 5.74) is 0.410. The molecular weight excluding hydrogens is 442 g/mol. The summed E-state index contributed by atoms with van der Waals surface area (Å²) >= 11 is 7.43. The number of carbonyl (C=O) groups is 1. The van der Waals surface area contributed by atoms with Gasteiger partial charge in [-0.1, -0.05) is 17.7 Å². The Labute approximate surface area is 186 Å². The van der Waals surface area contributed by atoms with Gasteiger partial charge in [-0.25, -0.2) is 8.42 Å². The number of nitriles is 1. The van der Waals surface area contributed by atoms with Gasteiger partial charge in [0.15, 0.2) is 0 Å². The van der Waals surface area contributed by atoms with Gasteiger partial charge in [-0.15, -0.1) is 17.9 Å². The third-order valence-electron chi connectivity index (χ3n) is 5.06. The third kappa shape index (κ3) is 5.10. The van der Waals surface area contributed by atoms with Crippen molar-refractivity contribution in [1.82, 2.24) is 9.21 Å². The Bertz CT molecular complexity index is 1050. The number of rotatable bonds is 7. The van der Waals surface area contributed by atoms with Crippen LogP contribution in [0.15, 0.2) is 53.9 Å². The molecule has 1 amide bonds. The normalized spacial score (nSPS) is 15.5. The van der Waals surface area contributed by atoms with Crippen molar-refractivity contribution in [2.24, 2.45) is 5.92 Å². The van der Waals surface area contributed by atoms with E-state index in [1.165, 1.54) is 39.9 Å². The van der Waals surface area contributed by atoms with Crippen molar-refractivity contribution in [3.05, 3.63) is 63.8 Å². The molecule has 1 saturated heterocycles. The number of hydrogen-bond donors (Lipinski definition) is 0. The maximum absolute atomic E-state index is 13.0. The number of thiophene rings is 1. The van der Waals surface area contributed by atoms with Crippen LogP contribution in [0.2, 0.25) is 4.34 Å². The first-order valence-corrected chi connectivity index (χ1v) is 12.1. The van der Waals surface area contributed by atoms with Crippen molar-refractivity contribution in [2.45, 2.75) is 24.3 Å². The lowest BCUT2D eigenvalue weighted by atomic mass is 9.96. The van der Waals surface area contributed by atoms with Gasteiger partial charge >= 0.3 is 0 Å². The van der Waals surface area contributed by atoms with Gasteiger partial charge in [0.1, 0.15) is 0 Å². The van der Waals surface area contributed by atoms with Crippen molar-refractivity contribution in [1.29, 1.82) is 5.26 Å². The first kappa shape index (κ1) is 22.5. The summed E-state index contributed by atoms with van der Waals surface area (Å²) in [6.07, 6.45) is 2.62. The fraction of sp³-hybridized carbons (Fsp3) is 0.333. The lowest BCUT2D eigenvalue weighted by molar-refractivity contribution is -0.136. The molecule has 0 unspecified atom stereocenters. The smallest absolute Gasteiger partial charge is 0.243 e. The molecule has 6 nitrogen and oxygen atoms in total. The topological polar surface area (TPSA) is 81.5 Å². The molecule has 1 aliphatic rings. The zero-order valence-electron chi connectivity index (χ0n) is 16.3. The standard InChI is InChI=1S/C21H22ClN3O3S2/c1-2-11-24(15-18-5-8-20(22)29-18)21(26)17-9-12-25(13-10-17)30(27,28)19-6-3-16(14-23)4-7-19/h2-8,17H,1,9-13,15H2. The predicted molar refractivity (Wildman–Crippen MR) is 118 cm³/mol. The van der Waals surface area contributed by atoms with E-state index in [0.717, 1.165) is 4.88 Å². The number of benzene rings is 1. The Morgan fingerprint density at radius 1 is 1.27 bits per heavy atom. The van der Waals surface area contributed by atoms with Gasteiger partial charge in [0.05, 0.1) is 27.4 Å². The second-order valence-corrected chi connectivity index (χ2v) is 10.8. The lowest BCUT2D eigenvalue weighted by Gasteiger charge is -2.33. The second kappa shape index (κ2) is 9.75. The molecule has 0 atom stereocenters. The van der Waals surface area contributed by atoms with E-state index in [0.29, 0.717) is 35.8 Å². The third-order valence-corrected chi connectivity index (χ3v) is 8.19. The van der Waals surface area contributed by atoms with Crippen LogP contribution in [0.25, 0.3) is 0 Å². The van der Waals surface area contributed by atoms with Crippen LogP contribution in [0.4, 0.5) is 0 Å². The van der Waals surface area contributed by atoms with E-state index in [-0.39, 0.29) is 29.8 Å². The summed E-state index contributed by atoms with van der Waals surface area (Å²) in [6, 6.07) is 11.6. The van der Waals surface area contributed by atoms with Gasteiger partial charge in [0, 0.05) is 30.4 Å². The number of hydrogen-bond acceptors (Lipinski definition) is 5. The molecule has 2 heterocycles. The Balaban J connectivity index is 1.64. The van der Waals surface area contributed by atoms with E-state index in [9.17, 15) is 13.2 Å². The summed E-state index contributed by atoms with van der Waals surface area (Å²) < 4.78 is 27.8. The van der Waals surface area contributed by atoms with Gasteiger partial charge in [0.25, 0.3) is 0 Å². The maximum atomic E-state index is 13.0. The minimum Gasteiger partial charge on any atom is -0.334 e. The molecule has 0 bridgehead atoms. The van der Waals surface area contributed by atoms with Crippen molar-refractivity contribution in [3.63, 3.8) is 0 Å². The van der Waals surface area contributed by atoms with E-state index in [4.69, 9.17) is 16.9 Å². The average molecular weight is 464 g/mol. The van der Waals surface area contributed by atoms with Crippen LogP contribution in [0.1, 0.15) is 23.3 Å². The number of amides is 1. The average Bonchev–Trinajstić information content (AvgIpc) is 3.17. The minimum atomic E-state index is -3.64. The molecule has 0 aliphatic carbocycles. The maximum Gasteiger partial charge on any atom is 0.243 e. The van der Waals surface area contributed by atoms with E-state index < -0.39 is 10.0 Å². The predicted octanol–water partition coefficient (Wildman–Crippen LogP) is 3.89. The molecule has 0 N–H and O–H groups in total. The highest BCUT2D eigenvalue weighted by atomic mass is 35.5. The first-order chi connectivity index (χ1) is 14.3. The van der Waals surface area contributed by atoms with Crippen molar-refractivity contribution in [3.8, 4) is 6.07 Å². The monoisotopic (exact) mass is 463 g/mol. The van der Waals surface area contributed by atoms with Crippen molar-refractivity contribution >= 4 is 38.9 Å². The molecule has 2 aromatic rings. The Morgan fingerprint density at radius 3 is 2.47 bits per heavy atom. The molecule has 0 spiro atoms. The van der Waals surface area contributed by atoms with Crippen LogP contribution in [-0.2, 0) is 21.4 Å². The Kier molecular flexibility index (Phi) is 7.32. The summed E-state index contributed by atoms with van der Waals surface area (Å²) in [7, 11) is -3.64. The van der Waals surface area contributed by atoms with Crippen LogP contribution in [0.5, 0.6) is 0 Å². The van der Waals surface area contributed by atoms with Gasteiger partial charge in [0.2, 0.25) is 15.9 Å².